The van der Waals surface area contributed by atoms with Gasteiger partial charge in [-0.2, -0.15) is 0 Å². The molecule has 0 radical (unpaired) electrons. The number of furan rings is 1. The van der Waals surface area contributed by atoms with Crippen LogP contribution in [0.2, 0.25) is 0 Å². The predicted octanol–water partition coefficient (Wildman–Crippen LogP) is 1.69. The maximum Gasteiger partial charge on any atom is 0.191 e. The first-order chi connectivity index (χ1) is 12.2. The van der Waals surface area contributed by atoms with E-state index >= 15 is 0 Å². The third-order valence-corrected chi connectivity index (χ3v) is 4.49. The van der Waals surface area contributed by atoms with Crippen LogP contribution in [0.3, 0.4) is 0 Å². The maximum absolute atomic E-state index is 5.65. The highest BCUT2D eigenvalue weighted by Crippen LogP contribution is 2.21. The molecule has 0 saturated carbocycles. The fraction of sp³-hybridized carbons (Fsp3) is 0.722. The first kappa shape index (κ1) is 18.2. The first-order valence-corrected chi connectivity index (χ1v) is 9.18. The highest BCUT2D eigenvalue weighted by molar-refractivity contribution is 5.79. The fourth-order valence-electron chi connectivity index (χ4n) is 3.02. The number of rotatable bonds is 8. The molecule has 3 rings (SSSR count). The molecule has 140 valence electrons. The Kier molecular flexibility index (Phi) is 6.72. The standard InChI is InChI=1S/C18H29N3O4/c1-18(24-12-13-25-18)7-9-20-17(21-14-16-5-3-11-23-16)19-8-6-15-4-2-10-22-15/h2,4,10,16H,3,5-9,11-14H2,1H3,(H2,19,20,21). The SMILES string of the molecule is CC1(CCNC(=NCC2CCCO2)NCCc2ccco2)OCCO1. The Hall–Kier alpha value is -1.57. The van der Waals surface area contributed by atoms with Crippen molar-refractivity contribution in [3.63, 3.8) is 0 Å². The molecule has 25 heavy (non-hydrogen) atoms. The summed E-state index contributed by atoms with van der Waals surface area (Å²) >= 11 is 0. The zero-order chi connectivity index (χ0) is 17.4. The van der Waals surface area contributed by atoms with Crippen molar-refractivity contribution in [3.8, 4) is 0 Å². The average Bonchev–Trinajstić information content (AvgIpc) is 3.35. The van der Waals surface area contributed by atoms with Crippen LogP contribution < -0.4 is 10.6 Å². The maximum atomic E-state index is 5.65. The normalized spacial score (nSPS) is 23.1. The molecule has 2 saturated heterocycles. The fourth-order valence-corrected chi connectivity index (χ4v) is 3.02. The molecule has 1 aromatic rings. The summed E-state index contributed by atoms with van der Waals surface area (Å²) < 4.78 is 22.3. The summed E-state index contributed by atoms with van der Waals surface area (Å²) in [5.74, 6) is 1.27. The van der Waals surface area contributed by atoms with Crippen LogP contribution in [0.25, 0.3) is 0 Å². The molecule has 0 spiro atoms. The number of guanidine groups is 1. The van der Waals surface area contributed by atoms with Gasteiger partial charge in [-0.3, -0.25) is 4.99 Å². The zero-order valence-corrected chi connectivity index (χ0v) is 15.0. The first-order valence-electron chi connectivity index (χ1n) is 9.18. The van der Waals surface area contributed by atoms with Gasteiger partial charge in [-0.1, -0.05) is 0 Å². The van der Waals surface area contributed by atoms with Crippen LogP contribution in [0.15, 0.2) is 27.8 Å². The van der Waals surface area contributed by atoms with Crippen molar-refractivity contribution in [3.05, 3.63) is 24.2 Å². The molecule has 7 nitrogen and oxygen atoms in total. The van der Waals surface area contributed by atoms with E-state index < -0.39 is 5.79 Å². The lowest BCUT2D eigenvalue weighted by atomic mass is 10.2. The van der Waals surface area contributed by atoms with Crippen molar-refractivity contribution in [1.29, 1.82) is 0 Å². The van der Waals surface area contributed by atoms with E-state index in [1.807, 2.05) is 19.1 Å². The number of ether oxygens (including phenoxy) is 3. The van der Waals surface area contributed by atoms with E-state index in [1.165, 1.54) is 0 Å². The molecule has 2 aliphatic rings. The number of aliphatic imine (C=N–C) groups is 1. The minimum Gasteiger partial charge on any atom is -0.469 e. The van der Waals surface area contributed by atoms with Crippen LogP contribution in [-0.4, -0.2) is 57.3 Å². The van der Waals surface area contributed by atoms with E-state index in [2.05, 4.69) is 15.6 Å². The molecule has 2 fully saturated rings. The van der Waals surface area contributed by atoms with Crippen LogP contribution in [-0.2, 0) is 20.6 Å². The molecular formula is C18H29N3O4. The zero-order valence-electron chi connectivity index (χ0n) is 15.0. The molecular weight excluding hydrogens is 322 g/mol. The van der Waals surface area contributed by atoms with Crippen molar-refractivity contribution in [1.82, 2.24) is 10.6 Å². The molecule has 0 aromatic carbocycles. The molecule has 1 unspecified atom stereocenters. The summed E-state index contributed by atoms with van der Waals surface area (Å²) in [4.78, 5) is 4.67. The van der Waals surface area contributed by atoms with Crippen LogP contribution in [0.4, 0.5) is 0 Å². The minimum atomic E-state index is -0.485. The smallest absolute Gasteiger partial charge is 0.191 e. The third-order valence-electron chi connectivity index (χ3n) is 4.49. The molecule has 1 aromatic heterocycles. The molecule has 1 atom stereocenters. The number of nitrogens with one attached hydrogen (secondary N) is 2. The molecule has 0 aliphatic carbocycles. The van der Waals surface area contributed by atoms with Gasteiger partial charge in [-0.15, -0.1) is 0 Å². The lowest BCUT2D eigenvalue weighted by Gasteiger charge is -2.23. The Labute approximate surface area is 149 Å². The molecule has 0 bridgehead atoms. The Morgan fingerprint density at radius 1 is 1.24 bits per heavy atom. The van der Waals surface area contributed by atoms with Gasteiger partial charge in [0.1, 0.15) is 5.76 Å². The van der Waals surface area contributed by atoms with Gasteiger partial charge >= 0.3 is 0 Å². The second-order valence-electron chi connectivity index (χ2n) is 6.59. The molecule has 2 N–H and O–H groups in total. The Morgan fingerprint density at radius 3 is 2.80 bits per heavy atom. The van der Waals surface area contributed by atoms with Crippen molar-refractivity contribution >= 4 is 5.96 Å². The predicted molar refractivity (Wildman–Crippen MR) is 94.6 cm³/mol. The van der Waals surface area contributed by atoms with Crippen molar-refractivity contribution < 1.29 is 18.6 Å². The van der Waals surface area contributed by atoms with Crippen molar-refractivity contribution in [2.24, 2.45) is 4.99 Å². The van der Waals surface area contributed by atoms with E-state index in [0.29, 0.717) is 19.8 Å². The highest BCUT2D eigenvalue weighted by Gasteiger charge is 2.30. The largest absolute Gasteiger partial charge is 0.469 e. The summed E-state index contributed by atoms with van der Waals surface area (Å²) in [7, 11) is 0. The lowest BCUT2D eigenvalue weighted by molar-refractivity contribution is -0.145. The van der Waals surface area contributed by atoms with Crippen LogP contribution >= 0.6 is 0 Å². The minimum absolute atomic E-state index is 0.239. The van der Waals surface area contributed by atoms with Crippen molar-refractivity contribution in [2.75, 3.05) is 39.5 Å². The number of hydrogen-bond donors (Lipinski definition) is 2. The second-order valence-corrected chi connectivity index (χ2v) is 6.59. The lowest BCUT2D eigenvalue weighted by Crippen LogP contribution is -2.41. The summed E-state index contributed by atoms with van der Waals surface area (Å²) in [5.41, 5.74) is 0. The van der Waals surface area contributed by atoms with Gasteiger partial charge in [-0.25, -0.2) is 0 Å². The summed E-state index contributed by atoms with van der Waals surface area (Å²) in [6.07, 6.45) is 5.74. The highest BCUT2D eigenvalue weighted by atomic mass is 16.7. The Balaban J connectivity index is 1.45. The van der Waals surface area contributed by atoms with E-state index in [0.717, 1.165) is 57.1 Å². The number of nitrogens with zero attached hydrogens (tertiary/aromatic N) is 1. The van der Waals surface area contributed by atoms with Gasteiger partial charge in [-0.05, 0) is 31.9 Å². The second kappa shape index (κ2) is 9.22. The Morgan fingerprint density at radius 2 is 2.08 bits per heavy atom. The van der Waals surface area contributed by atoms with Gasteiger partial charge in [0.25, 0.3) is 0 Å². The molecule has 3 heterocycles. The monoisotopic (exact) mass is 351 g/mol. The van der Waals surface area contributed by atoms with Gasteiger partial charge in [0, 0.05) is 32.5 Å². The van der Waals surface area contributed by atoms with E-state index in [-0.39, 0.29) is 6.10 Å². The van der Waals surface area contributed by atoms with Gasteiger partial charge < -0.3 is 29.3 Å². The van der Waals surface area contributed by atoms with Crippen LogP contribution in [0.5, 0.6) is 0 Å². The van der Waals surface area contributed by atoms with E-state index in [1.54, 1.807) is 6.26 Å². The Bertz CT molecular complexity index is 520. The third kappa shape index (κ3) is 6.02. The topological polar surface area (TPSA) is 77.3 Å². The quantitative estimate of drug-likeness (QED) is 0.548. The van der Waals surface area contributed by atoms with E-state index in [4.69, 9.17) is 18.6 Å². The van der Waals surface area contributed by atoms with Gasteiger partial charge in [0.05, 0.1) is 32.1 Å². The number of hydrogen-bond acceptors (Lipinski definition) is 5. The van der Waals surface area contributed by atoms with Crippen molar-refractivity contribution in [2.45, 2.75) is 44.5 Å². The summed E-state index contributed by atoms with van der Waals surface area (Å²) in [6, 6.07) is 3.89. The van der Waals surface area contributed by atoms with Gasteiger partial charge in [0.2, 0.25) is 0 Å². The average molecular weight is 351 g/mol. The molecule has 7 heteroatoms. The van der Waals surface area contributed by atoms with E-state index in [9.17, 15) is 0 Å². The molecule has 2 aliphatic heterocycles. The van der Waals surface area contributed by atoms with Gasteiger partial charge in [0.15, 0.2) is 11.7 Å². The summed E-state index contributed by atoms with van der Waals surface area (Å²) in [5, 5.41) is 6.73. The molecule has 0 amide bonds. The summed E-state index contributed by atoms with van der Waals surface area (Å²) in [6.45, 7) is 6.33. The van der Waals surface area contributed by atoms with Crippen LogP contribution in [0, 0.1) is 0 Å². The van der Waals surface area contributed by atoms with Crippen LogP contribution in [0.1, 0.15) is 31.9 Å².